The van der Waals surface area contributed by atoms with Crippen molar-refractivity contribution in [2.45, 2.75) is 121 Å². The molecule has 0 unspecified atom stereocenters. The second-order valence-electron chi connectivity index (χ2n) is 8.39. The van der Waals surface area contributed by atoms with Crippen LogP contribution in [0.15, 0.2) is 12.2 Å². The lowest BCUT2D eigenvalue weighted by Gasteiger charge is -2.24. The van der Waals surface area contributed by atoms with E-state index in [9.17, 15) is 15.3 Å². The Balaban J connectivity index is 1.87. The van der Waals surface area contributed by atoms with Gasteiger partial charge in [0.25, 0.3) is 0 Å². The Kier molecular flexibility index (Phi) is 16.8. The van der Waals surface area contributed by atoms with E-state index in [1.54, 1.807) is 0 Å². The zero-order valence-electron chi connectivity index (χ0n) is 18.6. The van der Waals surface area contributed by atoms with Gasteiger partial charge in [-0.1, -0.05) is 76.9 Å². The number of aliphatic hydroxyl groups excluding tert-OH is 3. The highest BCUT2D eigenvalue weighted by Gasteiger charge is 2.40. The minimum Gasteiger partial charge on any atom is -0.394 e. The largest absolute Gasteiger partial charge is 0.394 e. The minimum absolute atomic E-state index is 0.0928. The Hall–Kier alpha value is -0.460. The Bertz CT molecular complexity index is 387. The molecule has 0 radical (unpaired) electrons. The van der Waals surface area contributed by atoms with Crippen LogP contribution < -0.4 is 0 Å². The Morgan fingerprint density at radius 3 is 1.93 bits per heavy atom. The van der Waals surface area contributed by atoms with Crippen molar-refractivity contribution < 1.29 is 24.8 Å². The van der Waals surface area contributed by atoms with Crippen molar-refractivity contribution >= 4 is 0 Å². The topological polar surface area (TPSA) is 79.2 Å². The van der Waals surface area contributed by atoms with Crippen LogP contribution in [0, 0.1) is 0 Å². The summed E-state index contributed by atoms with van der Waals surface area (Å²) in [7, 11) is 0. The van der Waals surface area contributed by atoms with E-state index in [4.69, 9.17) is 9.47 Å². The van der Waals surface area contributed by atoms with Gasteiger partial charge >= 0.3 is 0 Å². The second-order valence-corrected chi connectivity index (χ2v) is 8.39. The molecule has 1 rings (SSSR count). The number of hydrogen-bond acceptors (Lipinski definition) is 5. The lowest BCUT2D eigenvalue weighted by molar-refractivity contribution is -0.101. The van der Waals surface area contributed by atoms with Crippen molar-refractivity contribution in [1.82, 2.24) is 0 Å². The highest BCUT2D eigenvalue weighted by molar-refractivity contribution is 4.88. The van der Waals surface area contributed by atoms with Gasteiger partial charge in [0.05, 0.1) is 13.2 Å². The van der Waals surface area contributed by atoms with Crippen LogP contribution in [0.5, 0.6) is 0 Å². The summed E-state index contributed by atoms with van der Waals surface area (Å²) in [5, 5.41) is 28.8. The zero-order chi connectivity index (χ0) is 21.2. The maximum absolute atomic E-state index is 9.83. The third kappa shape index (κ3) is 12.7. The minimum atomic E-state index is -0.985. The summed E-state index contributed by atoms with van der Waals surface area (Å²) >= 11 is 0. The molecule has 1 aliphatic rings. The molecule has 29 heavy (non-hydrogen) atoms. The van der Waals surface area contributed by atoms with Crippen LogP contribution in [-0.2, 0) is 9.47 Å². The van der Waals surface area contributed by atoms with Gasteiger partial charge in [0.2, 0.25) is 0 Å². The van der Waals surface area contributed by atoms with Crippen molar-refractivity contribution in [2.75, 3.05) is 19.8 Å². The summed E-state index contributed by atoms with van der Waals surface area (Å²) in [6.07, 6.45) is 19.4. The van der Waals surface area contributed by atoms with Gasteiger partial charge in [0.1, 0.15) is 24.4 Å². The number of hydrogen-bond donors (Lipinski definition) is 3. The van der Waals surface area contributed by atoms with E-state index in [1.807, 2.05) is 0 Å². The third-order valence-electron chi connectivity index (χ3n) is 5.72. The molecule has 0 amide bonds. The molecule has 4 atom stereocenters. The molecule has 0 saturated carbocycles. The van der Waals surface area contributed by atoms with Crippen molar-refractivity contribution in [3.8, 4) is 0 Å². The van der Waals surface area contributed by atoms with Gasteiger partial charge in [-0.15, -0.1) is 0 Å². The molecule has 172 valence electrons. The van der Waals surface area contributed by atoms with E-state index in [-0.39, 0.29) is 13.2 Å². The molecule has 5 nitrogen and oxygen atoms in total. The van der Waals surface area contributed by atoms with Gasteiger partial charge in [0, 0.05) is 6.61 Å². The molecule has 0 aromatic heterocycles. The molecule has 0 spiro atoms. The molecule has 0 aromatic carbocycles. The molecule has 3 N–H and O–H groups in total. The Morgan fingerprint density at radius 1 is 0.862 bits per heavy atom. The number of unbranched alkanes of at least 4 members (excludes halogenated alkanes) is 12. The first-order chi connectivity index (χ1) is 14.2. The molecule has 1 fully saturated rings. The molecular weight excluding hydrogens is 368 g/mol. The van der Waals surface area contributed by atoms with Crippen LogP contribution in [0.2, 0.25) is 0 Å². The lowest BCUT2D eigenvalue weighted by Crippen LogP contribution is -2.42. The average molecular weight is 415 g/mol. The average Bonchev–Trinajstić information content (AvgIpc) is 3.06. The fourth-order valence-corrected chi connectivity index (χ4v) is 3.79. The maximum atomic E-state index is 9.83. The fourth-order valence-electron chi connectivity index (χ4n) is 3.79. The highest BCUT2D eigenvalue weighted by atomic mass is 16.6. The molecule has 0 aromatic rings. The highest BCUT2D eigenvalue weighted by Crippen LogP contribution is 2.19. The first kappa shape index (κ1) is 26.6. The van der Waals surface area contributed by atoms with Crippen LogP contribution in [0.25, 0.3) is 0 Å². The van der Waals surface area contributed by atoms with Gasteiger partial charge in [-0.3, -0.25) is 0 Å². The predicted molar refractivity (Wildman–Crippen MR) is 118 cm³/mol. The van der Waals surface area contributed by atoms with Gasteiger partial charge in [-0.05, 0) is 32.1 Å². The van der Waals surface area contributed by atoms with Gasteiger partial charge in [-0.2, -0.15) is 0 Å². The van der Waals surface area contributed by atoms with Crippen LogP contribution in [0.3, 0.4) is 0 Å². The molecule has 0 aliphatic carbocycles. The number of aliphatic hydroxyl groups is 3. The quantitative estimate of drug-likeness (QED) is 0.214. The van der Waals surface area contributed by atoms with Crippen LogP contribution in [0.4, 0.5) is 0 Å². The normalized spacial score (nSPS) is 23.2. The van der Waals surface area contributed by atoms with Gasteiger partial charge < -0.3 is 24.8 Å². The Labute approximate surface area is 178 Å². The van der Waals surface area contributed by atoms with E-state index in [2.05, 4.69) is 19.1 Å². The number of rotatable bonds is 19. The number of ether oxygens (including phenoxy) is 2. The zero-order valence-corrected chi connectivity index (χ0v) is 18.6. The SMILES string of the molecule is CCCCCCCCCCCC/C=C/CCCCO[C@H](CO)[C@H]1OC[C@H](O)[C@H]1O. The fraction of sp³-hybridized carbons (Fsp3) is 0.917. The third-order valence-corrected chi connectivity index (χ3v) is 5.72. The van der Waals surface area contributed by atoms with Gasteiger partial charge in [-0.25, -0.2) is 0 Å². The molecule has 0 bridgehead atoms. The van der Waals surface area contributed by atoms with Crippen molar-refractivity contribution in [3.63, 3.8) is 0 Å². The van der Waals surface area contributed by atoms with Crippen LogP contribution in [0.1, 0.15) is 96.8 Å². The van der Waals surface area contributed by atoms with Crippen LogP contribution >= 0.6 is 0 Å². The number of allylic oxidation sites excluding steroid dienone is 2. The van der Waals surface area contributed by atoms with Crippen molar-refractivity contribution in [2.24, 2.45) is 0 Å². The predicted octanol–water partition coefficient (Wildman–Crippen LogP) is 4.52. The smallest absolute Gasteiger partial charge is 0.114 e. The lowest BCUT2D eigenvalue weighted by atomic mass is 10.1. The molecule has 1 aliphatic heterocycles. The van der Waals surface area contributed by atoms with Crippen LogP contribution in [-0.4, -0.2) is 59.6 Å². The van der Waals surface area contributed by atoms with E-state index in [0.29, 0.717) is 6.61 Å². The summed E-state index contributed by atoms with van der Waals surface area (Å²) in [6.45, 7) is 2.67. The summed E-state index contributed by atoms with van der Waals surface area (Å²) < 4.78 is 11.0. The summed E-state index contributed by atoms with van der Waals surface area (Å²) in [4.78, 5) is 0. The molecular formula is C24H46O5. The van der Waals surface area contributed by atoms with Crippen molar-refractivity contribution in [3.05, 3.63) is 12.2 Å². The van der Waals surface area contributed by atoms with E-state index in [0.717, 1.165) is 19.3 Å². The van der Waals surface area contributed by atoms with E-state index in [1.165, 1.54) is 70.6 Å². The maximum Gasteiger partial charge on any atom is 0.114 e. The Morgan fingerprint density at radius 2 is 1.41 bits per heavy atom. The molecule has 1 heterocycles. The summed E-state index contributed by atoms with van der Waals surface area (Å²) in [6, 6.07) is 0. The van der Waals surface area contributed by atoms with E-state index < -0.39 is 24.4 Å². The first-order valence-corrected chi connectivity index (χ1v) is 12.1. The standard InChI is InChI=1S/C24H46O5/c1-2-3-4-5-6-7-8-9-10-11-12-13-14-15-16-17-18-28-22(19-25)24-23(27)21(26)20-29-24/h13-14,21-27H,2-12,15-20H2,1H3/b14-13+/t21-,22+,23+,24+/m0/s1. The molecule has 1 saturated heterocycles. The molecule has 5 heteroatoms. The first-order valence-electron chi connectivity index (χ1n) is 12.1. The summed E-state index contributed by atoms with van der Waals surface area (Å²) in [5.74, 6) is 0. The monoisotopic (exact) mass is 414 g/mol. The second kappa shape index (κ2) is 18.3. The summed E-state index contributed by atoms with van der Waals surface area (Å²) in [5.41, 5.74) is 0. The van der Waals surface area contributed by atoms with Gasteiger partial charge in [0.15, 0.2) is 0 Å². The van der Waals surface area contributed by atoms with Crippen molar-refractivity contribution in [1.29, 1.82) is 0 Å². The van der Waals surface area contributed by atoms with E-state index >= 15 is 0 Å².